The van der Waals surface area contributed by atoms with Crippen molar-refractivity contribution in [3.8, 4) is 6.07 Å². The van der Waals surface area contributed by atoms with E-state index in [9.17, 15) is 10.1 Å². The van der Waals surface area contributed by atoms with E-state index >= 15 is 0 Å². The number of benzene rings is 1. The molecule has 0 atom stereocenters. The maximum atomic E-state index is 12.1. The molecular weight excluding hydrogens is 276 g/mol. The highest BCUT2D eigenvalue weighted by Gasteiger charge is 2.45. The van der Waals surface area contributed by atoms with E-state index < -0.39 is 0 Å². The monoisotopic (exact) mass is 298 g/mol. The number of piperidine rings is 1. The highest BCUT2D eigenvalue weighted by molar-refractivity contribution is 5.67. The van der Waals surface area contributed by atoms with E-state index in [2.05, 4.69) is 6.07 Å². The molecule has 2 aliphatic rings. The Labute approximate surface area is 131 Å². The van der Waals surface area contributed by atoms with Gasteiger partial charge in [0.15, 0.2) is 0 Å². The second-order valence-corrected chi connectivity index (χ2v) is 6.42. The molecule has 1 aliphatic heterocycles. The van der Waals surface area contributed by atoms with Crippen LogP contribution in [-0.4, -0.2) is 24.1 Å². The highest BCUT2D eigenvalue weighted by atomic mass is 16.6. The van der Waals surface area contributed by atoms with Crippen LogP contribution < -0.4 is 0 Å². The fourth-order valence-corrected chi connectivity index (χ4v) is 3.47. The van der Waals surface area contributed by atoms with Gasteiger partial charge in [-0.1, -0.05) is 36.8 Å². The first kappa shape index (κ1) is 14.9. The SMILES string of the molecule is N#CC1(C2CCC2)CCN(C(=O)OCc2ccccc2)CC1. The Balaban J connectivity index is 1.50. The standard InChI is InChI=1S/C18H22N2O2/c19-14-18(16-7-4-8-16)9-11-20(12-10-18)17(21)22-13-15-5-2-1-3-6-15/h1-3,5-6,16H,4,7-13H2. The summed E-state index contributed by atoms with van der Waals surface area (Å²) in [5.41, 5.74) is 0.794. The molecule has 2 fully saturated rings. The van der Waals surface area contributed by atoms with Crippen LogP contribution in [-0.2, 0) is 11.3 Å². The number of amides is 1. The Hall–Kier alpha value is -2.02. The molecule has 116 valence electrons. The quantitative estimate of drug-likeness (QED) is 0.854. The maximum Gasteiger partial charge on any atom is 0.410 e. The molecule has 3 rings (SSSR count). The molecule has 1 saturated carbocycles. The van der Waals surface area contributed by atoms with Crippen LogP contribution in [0.25, 0.3) is 0 Å². The van der Waals surface area contributed by atoms with Gasteiger partial charge in [0.2, 0.25) is 0 Å². The van der Waals surface area contributed by atoms with E-state index in [1.807, 2.05) is 30.3 Å². The predicted molar refractivity (Wildman–Crippen MR) is 82.8 cm³/mol. The van der Waals surface area contributed by atoms with Gasteiger partial charge in [0.25, 0.3) is 0 Å². The Morgan fingerprint density at radius 3 is 2.50 bits per heavy atom. The van der Waals surface area contributed by atoms with Gasteiger partial charge >= 0.3 is 6.09 Å². The van der Waals surface area contributed by atoms with Gasteiger partial charge in [-0.15, -0.1) is 0 Å². The van der Waals surface area contributed by atoms with Gasteiger partial charge in [-0.3, -0.25) is 0 Å². The largest absolute Gasteiger partial charge is 0.445 e. The van der Waals surface area contributed by atoms with Crippen LogP contribution >= 0.6 is 0 Å². The van der Waals surface area contributed by atoms with Crippen LogP contribution in [0, 0.1) is 22.7 Å². The van der Waals surface area contributed by atoms with Crippen LogP contribution in [0.15, 0.2) is 30.3 Å². The summed E-state index contributed by atoms with van der Waals surface area (Å²) in [4.78, 5) is 13.9. The third-order valence-corrected chi connectivity index (χ3v) is 5.23. The molecule has 1 heterocycles. The predicted octanol–water partition coefficient (Wildman–Crippen LogP) is 3.73. The summed E-state index contributed by atoms with van der Waals surface area (Å²) in [5, 5.41) is 9.57. The minimum Gasteiger partial charge on any atom is -0.445 e. The number of nitriles is 1. The van der Waals surface area contributed by atoms with Crippen molar-refractivity contribution in [2.75, 3.05) is 13.1 Å². The summed E-state index contributed by atoms with van der Waals surface area (Å²) < 4.78 is 5.37. The van der Waals surface area contributed by atoms with Gasteiger partial charge in [-0.25, -0.2) is 4.79 Å². The molecule has 1 aromatic carbocycles. The Morgan fingerprint density at radius 2 is 1.95 bits per heavy atom. The minimum atomic E-state index is -0.260. The molecule has 0 spiro atoms. The summed E-state index contributed by atoms with van der Waals surface area (Å²) in [6.07, 6.45) is 4.90. The third kappa shape index (κ3) is 2.94. The molecule has 1 amide bonds. The first-order chi connectivity index (χ1) is 10.7. The van der Waals surface area contributed by atoms with Gasteiger partial charge in [0, 0.05) is 13.1 Å². The fraction of sp³-hybridized carbons (Fsp3) is 0.556. The van der Waals surface area contributed by atoms with Gasteiger partial charge in [0.1, 0.15) is 6.61 Å². The summed E-state index contributed by atoms with van der Waals surface area (Å²) >= 11 is 0. The molecule has 1 saturated heterocycles. The van der Waals surface area contributed by atoms with Gasteiger partial charge in [0.05, 0.1) is 11.5 Å². The molecule has 0 aromatic heterocycles. The lowest BCUT2D eigenvalue weighted by Crippen LogP contribution is -2.47. The fourth-order valence-electron chi connectivity index (χ4n) is 3.47. The molecule has 22 heavy (non-hydrogen) atoms. The highest BCUT2D eigenvalue weighted by Crippen LogP contribution is 2.48. The smallest absolute Gasteiger partial charge is 0.410 e. The summed E-state index contributed by atoms with van der Waals surface area (Å²) in [7, 11) is 0. The first-order valence-electron chi connectivity index (χ1n) is 8.10. The second kappa shape index (κ2) is 6.39. The normalized spacial score (nSPS) is 20.8. The van der Waals surface area contributed by atoms with Crippen molar-refractivity contribution < 1.29 is 9.53 Å². The van der Waals surface area contributed by atoms with E-state index in [-0.39, 0.29) is 11.5 Å². The number of rotatable bonds is 3. The van der Waals surface area contributed by atoms with Crippen LogP contribution in [0.1, 0.15) is 37.7 Å². The number of hydrogen-bond donors (Lipinski definition) is 0. The molecular formula is C18H22N2O2. The average Bonchev–Trinajstić information content (AvgIpc) is 2.52. The average molecular weight is 298 g/mol. The summed E-state index contributed by atoms with van der Waals surface area (Å²) in [6.45, 7) is 1.58. The lowest BCUT2D eigenvalue weighted by molar-refractivity contribution is 0.0394. The molecule has 0 N–H and O–H groups in total. The van der Waals surface area contributed by atoms with Crippen molar-refractivity contribution >= 4 is 6.09 Å². The lowest BCUT2D eigenvalue weighted by Gasteiger charge is -2.45. The third-order valence-electron chi connectivity index (χ3n) is 5.23. The maximum absolute atomic E-state index is 12.1. The van der Waals surface area contributed by atoms with E-state index in [4.69, 9.17) is 4.74 Å². The lowest BCUT2D eigenvalue weighted by atomic mass is 9.62. The summed E-state index contributed by atoms with van der Waals surface area (Å²) in [6, 6.07) is 12.3. The molecule has 0 unspecified atom stereocenters. The van der Waals surface area contributed by atoms with E-state index in [0.717, 1.165) is 18.4 Å². The Kier molecular flexibility index (Phi) is 4.33. The summed E-state index contributed by atoms with van der Waals surface area (Å²) in [5.74, 6) is 0.542. The van der Waals surface area contributed by atoms with E-state index in [1.165, 1.54) is 19.3 Å². The molecule has 0 bridgehead atoms. The topological polar surface area (TPSA) is 53.3 Å². The molecule has 4 heteroatoms. The van der Waals surface area contributed by atoms with Gasteiger partial charge in [-0.2, -0.15) is 5.26 Å². The van der Waals surface area contributed by atoms with Crippen molar-refractivity contribution in [2.45, 2.75) is 38.7 Å². The zero-order chi connectivity index (χ0) is 15.4. The molecule has 0 radical (unpaired) electrons. The van der Waals surface area contributed by atoms with Crippen molar-refractivity contribution in [3.05, 3.63) is 35.9 Å². The minimum absolute atomic E-state index is 0.200. The number of ether oxygens (including phenoxy) is 1. The number of hydrogen-bond acceptors (Lipinski definition) is 3. The number of carbonyl (C=O) groups is 1. The van der Waals surface area contributed by atoms with E-state index in [1.54, 1.807) is 4.90 Å². The van der Waals surface area contributed by atoms with Crippen LogP contribution in [0.2, 0.25) is 0 Å². The van der Waals surface area contributed by atoms with Crippen molar-refractivity contribution in [1.29, 1.82) is 5.26 Å². The zero-order valence-corrected chi connectivity index (χ0v) is 12.8. The first-order valence-corrected chi connectivity index (χ1v) is 8.10. The van der Waals surface area contributed by atoms with Gasteiger partial charge in [-0.05, 0) is 37.2 Å². The van der Waals surface area contributed by atoms with Crippen molar-refractivity contribution in [2.24, 2.45) is 11.3 Å². The van der Waals surface area contributed by atoms with E-state index in [0.29, 0.717) is 25.6 Å². The number of likely N-dealkylation sites (tertiary alicyclic amines) is 1. The number of nitrogens with zero attached hydrogens (tertiary/aromatic N) is 2. The van der Waals surface area contributed by atoms with Crippen LogP contribution in [0.3, 0.4) is 0 Å². The molecule has 1 aromatic rings. The molecule has 4 nitrogen and oxygen atoms in total. The van der Waals surface area contributed by atoms with Crippen LogP contribution in [0.5, 0.6) is 0 Å². The number of carbonyl (C=O) groups excluding carboxylic acids is 1. The van der Waals surface area contributed by atoms with Crippen molar-refractivity contribution in [1.82, 2.24) is 4.90 Å². The Morgan fingerprint density at radius 1 is 1.27 bits per heavy atom. The van der Waals surface area contributed by atoms with Gasteiger partial charge < -0.3 is 9.64 Å². The molecule has 1 aliphatic carbocycles. The van der Waals surface area contributed by atoms with Crippen LogP contribution in [0.4, 0.5) is 4.79 Å². The zero-order valence-electron chi connectivity index (χ0n) is 12.8. The second-order valence-electron chi connectivity index (χ2n) is 6.42. The Bertz CT molecular complexity index is 552. The van der Waals surface area contributed by atoms with Crippen molar-refractivity contribution in [3.63, 3.8) is 0 Å².